The van der Waals surface area contributed by atoms with Crippen LogP contribution in [0.15, 0.2) is 67.0 Å². The molecule has 134 valence electrons. The van der Waals surface area contributed by atoms with Crippen molar-refractivity contribution in [3.63, 3.8) is 0 Å². The molecule has 0 aliphatic carbocycles. The minimum Gasteiger partial charge on any atom is -0.279 e. The number of thiazole rings is 1. The van der Waals surface area contributed by atoms with Crippen LogP contribution >= 0.6 is 11.3 Å². The average molecular weight is 381 g/mol. The van der Waals surface area contributed by atoms with Crippen LogP contribution in [0.3, 0.4) is 0 Å². The van der Waals surface area contributed by atoms with E-state index in [4.69, 9.17) is 0 Å². The quantitative estimate of drug-likeness (QED) is 0.509. The summed E-state index contributed by atoms with van der Waals surface area (Å²) < 4.78 is 28.8. The van der Waals surface area contributed by atoms with Crippen molar-refractivity contribution in [1.29, 1.82) is 0 Å². The van der Waals surface area contributed by atoms with Crippen molar-refractivity contribution in [2.45, 2.75) is 6.54 Å². The normalized spacial score (nSPS) is 10.9. The van der Waals surface area contributed by atoms with E-state index in [0.717, 1.165) is 5.56 Å². The number of rotatable bonds is 4. The highest BCUT2D eigenvalue weighted by Gasteiger charge is 2.24. The summed E-state index contributed by atoms with van der Waals surface area (Å²) >= 11 is 1.18. The molecule has 4 rings (SSSR count). The van der Waals surface area contributed by atoms with Gasteiger partial charge in [0.15, 0.2) is 5.13 Å². The lowest BCUT2D eigenvalue weighted by Crippen LogP contribution is -2.31. The van der Waals surface area contributed by atoms with E-state index in [1.807, 2.05) is 6.07 Å². The zero-order valence-electron chi connectivity index (χ0n) is 14.0. The van der Waals surface area contributed by atoms with Gasteiger partial charge in [-0.3, -0.25) is 14.7 Å². The number of hydrogen-bond donors (Lipinski definition) is 0. The number of anilines is 1. The van der Waals surface area contributed by atoms with Gasteiger partial charge in [-0.05, 0) is 35.9 Å². The maximum Gasteiger partial charge on any atom is 0.263 e. The second kappa shape index (κ2) is 7.20. The predicted octanol–water partition coefficient (Wildman–Crippen LogP) is 4.82. The summed E-state index contributed by atoms with van der Waals surface area (Å²) in [7, 11) is 0. The maximum absolute atomic E-state index is 14.2. The lowest BCUT2D eigenvalue weighted by Gasteiger charge is -2.20. The first kappa shape index (κ1) is 17.2. The SMILES string of the molecule is O=C(c1ccccc1F)N(Cc1cccnc1)c1nc2c(F)cccc2s1. The second-order valence-electron chi connectivity index (χ2n) is 5.82. The first-order valence-corrected chi connectivity index (χ1v) is 8.95. The van der Waals surface area contributed by atoms with Crippen LogP contribution in [-0.2, 0) is 6.54 Å². The van der Waals surface area contributed by atoms with Crippen LogP contribution in [0, 0.1) is 11.6 Å². The van der Waals surface area contributed by atoms with E-state index in [-0.39, 0.29) is 17.6 Å². The zero-order chi connectivity index (χ0) is 18.8. The van der Waals surface area contributed by atoms with Gasteiger partial charge in [0.25, 0.3) is 5.91 Å². The third kappa shape index (κ3) is 3.41. The number of pyridine rings is 1. The molecule has 0 radical (unpaired) electrons. The van der Waals surface area contributed by atoms with Crippen LogP contribution in [0.5, 0.6) is 0 Å². The van der Waals surface area contributed by atoms with Gasteiger partial charge >= 0.3 is 0 Å². The van der Waals surface area contributed by atoms with Gasteiger partial charge in [0.05, 0.1) is 16.8 Å². The number of benzene rings is 2. The first-order valence-electron chi connectivity index (χ1n) is 8.14. The number of para-hydroxylation sites is 1. The second-order valence-corrected chi connectivity index (χ2v) is 6.82. The Kier molecular flexibility index (Phi) is 4.60. The lowest BCUT2D eigenvalue weighted by molar-refractivity contribution is 0.0981. The molecule has 0 N–H and O–H groups in total. The molecule has 0 unspecified atom stereocenters. The summed E-state index contributed by atoms with van der Waals surface area (Å²) in [4.78, 5) is 22.8. The Bertz CT molecular complexity index is 1110. The van der Waals surface area contributed by atoms with Gasteiger partial charge in [-0.25, -0.2) is 13.8 Å². The van der Waals surface area contributed by atoms with Gasteiger partial charge in [-0.1, -0.05) is 35.6 Å². The highest BCUT2D eigenvalue weighted by molar-refractivity contribution is 7.22. The fourth-order valence-electron chi connectivity index (χ4n) is 2.70. The van der Waals surface area contributed by atoms with E-state index in [1.165, 1.54) is 40.5 Å². The Hall–Kier alpha value is -3.19. The fraction of sp³-hybridized carbons (Fsp3) is 0.0500. The van der Waals surface area contributed by atoms with Crippen LogP contribution in [0.2, 0.25) is 0 Å². The van der Waals surface area contributed by atoms with Gasteiger partial charge in [0, 0.05) is 12.4 Å². The lowest BCUT2D eigenvalue weighted by atomic mass is 10.1. The first-order chi connectivity index (χ1) is 13.1. The van der Waals surface area contributed by atoms with Crippen molar-refractivity contribution in [1.82, 2.24) is 9.97 Å². The average Bonchev–Trinajstić information content (AvgIpc) is 3.12. The molecule has 0 fully saturated rings. The summed E-state index contributed by atoms with van der Waals surface area (Å²) in [6.45, 7) is 0.141. The number of amides is 1. The third-order valence-electron chi connectivity index (χ3n) is 4.00. The summed E-state index contributed by atoms with van der Waals surface area (Å²) in [5, 5.41) is 0.298. The fourth-order valence-corrected chi connectivity index (χ4v) is 3.68. The molecule has 0 aliphatic rings. The van der Waals surface area contributed by atoms with E-state index < -0.39 is 17.5 Å². The van der Waals surface area contributed by atoms with E-state index >= 15 is 0 Å². The number of nitrogens with zero attached hydrogens (tertiary/aromatic N) is 3. The van der Waals surface area contributed by atoms with Gasteiger partial charge in [-0.15, -0.1) is 0 Å². The van der Waals surface area contributed by atoms with Gasteiger partial charge < -0.3 is 0 Å². The Morgan fingerprint density at radius 2 is 1.81 bits per heavy atom. The highest BCUT2D eigenvalue weighted by Crippen LogP contribution is 2.32. The molecule has 7 heteroatoms. The third-order valence-corrected chi connectivity index (χ3v) is 5.05. The van der Waals surface area contributed by atoms with Crippen molar-refractivity contribution in [3.05, 3.63) is 89.8 Å². The monoisotopic (exact) mass is 381 g/mol. The Balaban J connectivity index is 1.81. The smallest absolute Gasteiger partial charge is 0.263 e. The minimum absolute atomic E-state index is 0.0684. The number of carbonyl (C=O) groups is 1. The Morgan fingerprint density at radius 3 is 2.56 bits per heavy atom. The molecule has 0 aliphatic heterocycles. The van der Waals surface area contributed by atoms with Crippen LogP contribution in [0.1, 0.15) is 15.9 Å². The molecule has 1 amide bonds. The number of halogens is 2. The highest BCUT2D eigenvalue weighted by atomic mass is 32.1. The van der Waals surface area contributed by atoms with Crippen LogP contribution < -0.4 is 4.90 Å². The number of hydrogen-bond acceptors (Lipinski definition) is 4. The Morgan fingerprint density at radius 1 is 1.00 bits per heavy atom. The van der Waals surface area contributed by atoms with E-state index in [1.54, 1.807) is 36.7 Å². The van der Waals surface area contributed by atoms with E-state index in [9.17, 15) is 13.6 Å². The Labute approximate surface area is 157 Å². The maximum atomic E-state index is 14.2. The summed E-state index contributed by atoms with van der Waals surface area (Å²) in [5.74, 6) is -1.63. The van der Waals surface area contributed by atoms with E-state index in [2.05, 4.69) is 9.97 Å². The van der Waals surface area contributed by atoms with E-state index in [0.29, 0.717) is 9.83 Å². The van der Waals surface area contributed by atoms with Crippen LogP contribution in [-0.4, -0.2) is 15.9 Å². The van der Waals surface area contributed by atoms with Crippen molar-refractivity contribution in [2.75, 3.05) is 4.90 Å². The molecule has 0 spiro atoms. The van der Waals surface area contributed by atoms with Gasteiger partial charge in [0.1, 0.15) is 17.2 Å². The van der Waals surface area contributed by atoms with Crippen LogP contribution in [0.4, 0.5) is 13.9 Å². The molecular weight excluding hydrogens is 368 g/mol. The molecule has 4 aromatic rings. The largest absolute Gasteiger partial charge is 0.279 e. The molecule has 0 atom stereocenters. The zero-order valence-corrected chi connectivity index (χ0v) is 14.8. The molecule has 2 heterocycles. The number of fused-ring (bicyclic) bond motifs is 1. The van der Waals surface area contributed by atoms with Crippen LogP contribution in [0.25, 0.3) is 10.2 Å². The summed E-state index contributed by atoms with van der Waals surface area (Å²) in [5.41, 5.74) is 0.873. The van der Waals surface area contributed by atoms with Gasteiger partial charge in [0.2, 0.25) is 0 Å². The number of carbonyl (C=O) groups excluding carboxylic acids is 1. The van der Waals surface area contributed by atoms with Crippen molar-refractivity contribution < 1.29 is 13.6 Å². The standard InChI is InChI=1S/C20H13F2N3OS/c21-15-7-2-1-6-14(15)19(26)25(12-13-5-4-10-23-11-13)20-24-18-16(22)8-3-9-17(18)27-20/h1-11H,12H2. The van der Waals surface area contributed by atoms with Crippen molar-refractivity contribution in [3.8, 4) is 0 Å². The van der Waals surface area contributed by atoms with Gasteiger partial charge in [-0.2, -0.15) is 0 Å². The molecular formula is C20H13F2N3OS. The molecule has 0 bridgehead atoms. The minimum atomic E-state index is -0.619. The molecule has 27 heavy (non-hydrogen) atoms. The van der Waals surface area contributed by atoms with Crippen molar-refractivity contribution >= 4 is 32.6 Å². The molecule has 4 nitrogen and oxygen atoms in total. The molecule has 2 aromatic heterocycles. The molecule has 0 saturated carbocycles. The summed E-state index contributed by atoms with van der Waals surface area (Å²) in [6.07, 6.45) is 3.25. The number of aromatic nitrogens is 2. The topological polar surface area (TPSA) is 46.1 Å². The predicted molar refractivity (Wildman–Crippen MR) is 101 cm³/mol. The van der Waals surface area contributed by atoms with Crippen molar-refractivity contribution in [2.24, 2.45) is 0 Å². The molecule has 2 aromatic carbocycles. The summed E-state index contributed by atoms with van der Waals surface area (Å²) in [6, 6.07) is 14.0. The molecule has 0 saturated heterocycles.